The molecule has 0 aromatic heterocycles. The maximum atomic E-state index is 13.0. The molecule has 0 spiro atoms. The topological polar surface area (TPSA) is 76.1 Å². The van der Waals surface area contributed by atoms with Crippen LogP contribution in [0.15, 0.2) is 60.2 Å². The van der Waals surface area contributed by atoms with Crippen molar-refractivity contribution in [2.75, 3.05) is 19.8 Å². The molecule has 6 nitrogen and oxygen atoms in total. The molecule has 1 aliphatic heterocycles. The maximum absolute atomic E-state index is 13.0. The number of hydrogen-bond acceptors (Lipinski definition) is 5. The van der Waals surface area contributed by atoms with Crippen LogP contribution in [-0.4, -0.2) is 47.6 Å². The molecule has 0 bridgehead atoms. The Morgan fingerprint density at radius 1 is 1.06 bits per heavy atom. The number of ketones is 1. The number of rotatable bonds is 9. The normalized spacial score (nSPS) is 18.1. The summed E-state index contributed by atoms with van der Waals surface area (Å²) in [6, 6.07) is 15.4. The van der Waals surface area contributed by atoms with E-state index < -0.39 is 17.7 Å². The van der Waals surface area contributed by atoms with Crippen LogP contribution < -0.4 is 4.74 Å². The summed E-state index contributed by atoms with van der Waals surface area (Å²) in [6.07, 6.45) is 0.680. The molecular weight excluding hydrogens is 394 g/mol. The predicted octanol–water partition coefficient (Wildman–Crippen LogP) is 4.32. The Morgan fingerprint density at radius 3 is 2.35 bits per heavy atom. The number of amides is 1. The lowest BCUT2D eigenvalue weighted by molar-refractivity contribution is -0.140. The number of ether oxygens (including phenoxy) is 2. The third-order valence-corrected chi connectivity index (χ3v) is 5.09. The van der Waals surface area contributed by atoms with E-state index in [-0.39, 0.29) is 17.4 Å². The van der Waals surface area contributed by atoms with Gasteiger partial charge in [-0.2, -0.15) is 0 Å². The second-order valence-electron chi connectivity index (χ2n) is 7.63. The van der Waals surface area contributed by atoms with E-state index in [9.17, 15) is 14.7 Å². The van der Waals surface area contributed by atoms with E-state index in [1.807, 2.05) is 51.1 Å². The zero-order chi connectivity index (χ0) is 22.4. The number of hydrogen-bond donors (Lipinski definition) is 1. The van der Waals surface area contributed by atoms with E-state index in [2.05, 4.69) is 0 Å². The minimum Gasteiger partial charge on any atom is -0.507 e. The van der Waals surface area contributed by atoms with Crippen molar-refractivity contribution in [2.24, 2.45) is 0 Å². The van der Waals surface area contributed by atoms with Crippen molar-refractivity contribution < 1.29 is 24.2 Å². The highest BCUT2D eigenvalue weighted by molar-refractivity contribution is 6.46. The summed E-state index contributed by atoms with van der Waals surface area (Å²) in [5.74, 6) is -0.749. The van der Waals surface area contributed by atoms with E-state index in [4.69, 9.17) is 9.47 Å². The first-order valence-electron chi connectivity index (χ1n) is 10.6. The molecule has 1 fully saturated rings. The summed E-state index contributed by atoms with van der Waals surface area (Å²) >= 11 is 0. The molecule has 1 N–H and O–H groups in total. The van der Waals surface area contributed by atoms with Gasteiger partial charge in [0.1, 0.15) is 11.5 Å². The van der Waals surface area contributed by atoms with Crippen molar-refractivity contribution in [3.8, 4) is 5.75 Å². The van der Waals surface area contributed by atoms with Crippen LogP contribution in [0.3, 0.4) is 0 Å². The van der Waals surface area contributed by atoms with E-state index in [1.165, 1.54) is 4.90 Å². The number of carbonyl (C=O) groups is 2. The van der Waals surface area contributed by atoms with Crippen LogP contribution in [-0.2, 0) is 14.3 Å². The zero-order valence-electron chi connectivity index (χ0n) is 18.2. The van der Waals surface area contributed by atoms with E-state index in [0.29, 0.717) is 37.5 Å². The first-order valence-corrected chi connectivity index (χ1v) is 10.6. The fourth-order valence-corrected chi connectivity index (χ4v) is 3.68. The zero-order valence-corrected chi connectivity index (χ0v) is 18.2. The Morgan fingerprint density at radius 2 is 1.74 bits per heavy atom. The Labute approximate surface area is 183 Å². The molecular formula is C25H29NO5. The Kier molecular flexibility index (Phi) is 7.47. The summed E-state index contributed by atoms with van der Waals surface area (Å²) in [5, 5.41) is 11.0. The highest BCUT2D eigenvalue weighted by atomic mass is 16.5. The fraction of sp³-hybridized carbons (Fsp3) is 0.360. The first-order chi connectivity index (χ1) is 14.9. The predicted molar refractivity (Wildman–Crippen MR) is 119 cm³/mol. The van der Waals surface area contributed by atoms with Gasteiger partial charge in [0.2, 0.25) is 0 Å². The first kappa shape index (κ1) is 22.6. The minimum absolute atomic E-state index is 0.0930. The van der Waals surface area contributed by atoms with Gasteiger partial charge in [-0.25, -0.2) is 0 Å². The fourth-order valence-electron chi connectivity index (χ4n) is 3.68. The quantitative estimate of drug-likeness (QED) is 0.281. The van der Waals surface area contributed by atoms with Crippen LogP contribution in [0.25, 0.3) is 5.76 Å². The van der Waals surface area contributed by atoms with Crippen LogP contribution in [0, 0.1) is 0 Å². The number of Topliss-reactive ketones (excluding diaryl/α,β-unsaturated/α-hetero) is 1. The Bertz CT molecular complexity index is 934. The van der Waals surface area contributed by atoms with Gasteiger partial charge in [-0.05, 0) is 44.9 Å². The van der Waals surface area contributed by atoms with Crippen molar-refractivity contribution >= 4 is 17.4 Å². The number of carbonyl (C=O) groups excluding carboxylic acids is 2. The average Bonchev–Trinajstić information content (AvgIpc) is 3.02. The highest BCUT2D eigenvalue weighted by Crippen LogP contribution is 2.39. The van der Waals surface area contributed by atoms with E-state index >= 15 is 0 Å². The highest BCUT2D eigenvalue weighted by Gasteiger charge is 2.45. The second-order valence-corrected chi connectivity index (χ2v) is 7.63. The van der Waals surface area contributed by atoms with Crippen LogP contribution in [0.1, 0.15) is 44.4 Å². The monoisotopic (exact) mass is 423 g/mol. The van der Waals surface area contributed by atoms with Gasteiger partial charge in [-0.15, -0.1) is 0 Å². The number of nitrogens with zero attached hydrogens (tertiary/aromatic N) is 1. The molecule has 3 rings (SSSR count). The number of aliphatic hydroxyl groups is 1. The standard InChI is InChI=1S/C25H29NO5/c1-4-30-20-13-11-18(12-14-20)22-21(23(27)19-9-6-5-7-10-19)24(28)25(29)26(22)15-8-16-31-17(2)3/h5-7,9-14,17,22,27H,4,8,15-16H2,1-3H3/b23-21-. The molecule has 1 aliphatic rings. The summed E-state index contributed by atoms with van der Waals surface area (Å²) < 4.78 is 11.1. The molecule has 0 radical (unpaired) electrons. The molecule has 1 atom stereocenters. The van der Waals surface area contributed by atoms with Crippen LogP contribution in [0.4, 0.5) is 0 Å². The van der Waals surface area contributed by atoms with Crippen molar-refractivity contribution in [2.45, 2.75) is 39.3 Å². The molecule has 1 amide bonds. The lowest BCUT2D eigenvalue weighted by Crippen LogP contribution is -2.31. The average molecular weight is 424 g/mol. The lowest BCUT2D eigenvalue weighted by atomic mass is 9.95. The summed E-state index contributed by atoms with van der Waals surface area (Å²) in [7, 11) is 0. The van der Waals surface area contributed by atoms with Crippen molar-refractivity contribution in [3.05, 3.63) is 71.3 Å². The molecule has 1 heterocycles. The number of benzene rings is 2. The van der Waals surface area contributed by atoms with Crippen LogP contribution >= 0.6 is 0 Å². The molecule has 2 aromatic rings. The third kappa shape index (κ3) is 5.14. The van der Waals surface area contributed by atoms with Crippen LogP contribution in [0.5, 0.6) is 5.75 Å². The van der Waals surface area contributed by atoms with Gasteiger partial charge in [0.25, 0.3) is 11.7 Å². The van der Waals surface area contributed by atoms with Gasteiger partial charge in [0, 0.05) is 18.7 Å². The van der Waals surface area contributed by atoms with Gasteiger partial charge in [0.05, 0.1) is 24.3 Å². The molecule has 2 aromatic carbocycles. The number of aliphatic hydroxyl groups excluding tert-OH is 1. The van der Waals surface area contributed by atoms with Gasteiger partial charge >= 0.3 is 0 Å². The van der Waals surface area contributed by atoms with Crippen molar-refractivity contribution in [1.29, 1.82) is 0 Å². The lowest BCUT2D eigenvalue weighted by Gasteiger charge is -2.25. The SMILES string of the molecule is CCOc1ccc(C2/C(=C(/O)c3ccccc3)C(=O)C(=O)N2CCCOC(C)C)cc1. The largest absolute Gasteiger partial charge is 0.507 e. The minimum atomic E-state index is -0.676. The Hall–Kier alpha value is -3.12. The molecule has 31 heavy (non-hydrogen) atoms. The van der Waals surface area contributed by atoms with E-state index in [0.717, 1.165) is 5.56 Å². The molecule has 1 saturated heterocycles. The second kappa shape index (κ2) is 10.3. The van der Waals surface area contributed by atoms with Gasteiger partial charge in [0.15, 0.2) is 0 Å². The molecule has 0 aliphatic carbocycles. The summed E-state index contributed by atoms with van der Waals surface area (Å²) in [4.78, 5) is 27.4. The summed E-state index contributed by atoms with van der Waals surface area (Å²) in [5.41, 5.74) is 1.34. The van der Waals surface area contributed by atoms with Crippen molar-refractivity contribution in [1.82, 2.24) is 4.90 Å². The van der Waals surface area contributed by atoms with Gasteiger partial charge in [-0.3, -0.25) is 9.59 Å². The van der Waals surface area contributed by atoms with Gasteiger partial charge < -0.3 is 19.5 Å². The molecule has 6 heteroatoms. The van der Waals surface area contributed by atoms with E-state index in [1.54, 1.807) is 24.3 Å². The maximum Gasteiger partial charge on any atom is 0.295 e. The molecule has 164 valence electrons. The smallest absolute Gasteiger partial charge is 0.295 e. The van der Waals surface area contributed by atoms with Crippen molar-refractivity contribution in [3.63, 3.8) is 0 Å². The third-order valence-electron chi connectivity index (χ3n) is 5.09. The van der Waals surface area contributed by atoms with Crippen LogP contribution in [0.2, 0.25) is 0 Å². The summed E-state index contributed by atoms with van der Waals surface area (Å²) in [6.45, 7) is 7.18. The molecule has 0 saturated carbocycles. The molecule has 1 unspecified atom stereocenters. The number of likely N-dealkylation sites (tertiary alicyclic amines) is 1. The Balaban J connectivity index is 1.99. The van der Waals surface area contributed by atoms with Gasteiger partial charge in [-0.1, -0.05) is 42.5 Å².